The molecule has 0 spiro atoms. The van der Waals surface area contributed by atoms with Crippen molar-refractivity contribution in [2.75, 3.05) is 13.1 Å². The number of primary amides is 1. The Bertz CT molecular complexity index is 1740. The number of aromatic amines is 1. The minimum atomic E-state index is -1.05. The summed E-state index contributed by atoms with van der Waals surface area (Å²) in [5, 5.41) is 9.06. The van der Waals surface area contributed by atoms with Crippen LogP contribution in [0.2, 0.25) is 0 Å². The Morgan fingerprint density at radius 1 is 0.792 bits per heavy atom. The van der Waals surface area contributed by atoms with Gasteiger partial charge in [0, 0.05) is 36.5 Å². The molecule has 1 saturated heterocycles. The van der Waals surface area contributed by atoms with Gasteiger partial charge in [-0.05, 0) is 42.0 Å². The Labute approximate surface area is 278 Å². The van der Waals surface area contributed by atoms with Crippen molar-refractivity contribution in [1.82, 2.24) is 25.8 Å². The van der Waals surface area contributed by atoms with Gasteiger partial charge in [0.1, 0.15) is 18.1 Å². The predicted molar refractivity (Wildman–Crippen MR) is 181 cm³/mol. The van der Waals surface area contributed by atoms with Crippen LogP contribution in [0.4, 0.5) is 0 Å². The molecule has 12 nitrogen and oxygen atoms in total. The second-order valence-electron chi connectivity index (χ2n) is 12.0. The first kappa shape index (κ1) is 33.9. The van der Waals surface area contributed by atoms with E-state index in [9.17, 15) is 24.0 Å². The Balaban J connectivity index is 1.33. The number of benzene rings is 3. The number of para-hydroxylation sites is 1. The monoisotopic (exact) mass is 651 g/mol. The number of nitrogens with one attached hydrogen (secondary N) is 4. The molecule has 5 amide bonds. The number of carbonyl (C=O) groups excluding carboxylic acids is 5. The summed E-state index contributed by atoms with van der Waals surface area (Å²) in [6.07, 6.45) is 3.34. The van der Waals surface area contributed by atoms with Crippen molar-refractivity contribution >= 4 is 40.4 Å². The molecule has 0 radical (unpaired) electrons. The Morgan fingerprint density at radius 3 is 2.12 bits per heavy atom. The highest BCUT2D eigenvalue weighted by molar-refractivity contribution is 5.96. The van der Waals surface area contributed by atoms with Crippen LogP contribution < -0.4 is 27.4 Å². The molecule has 1 aromatic heterocycles. The number of nitrogens with two attached hydrogens (primary N) is 2. The van der Waals surface area contributed by atoms with Crippen molar-refractivity contribution in [1.29, 1.82) is 0 Å². The van der Waals surface area contributed by atoms with Crippen LogP contribution in [0, 0.1) is 0 Å². The van der Waals surface area contributed by atoms with Crippen LogP contribution in [-0.2, 0) is 43.2 Å². The number of carbonyl (C=O) groups is 5. The van der Waals surface area contributed by atoms with Crippen molar-refractivity contribution in [2.45, 2.75) is 56.3 Å². The van der Waals surface area contributed by atoms with Crippen molar-refractivity contribution < 1.29 is 24.0 Å². The molecule has 250 valence electrons. The van der Waals surface area contributed by atoms with Gasteiger partial charge in [-0.25, -0.2) is 0 Å². The third-order valence-corrected chi connectivity index (χ3v) is 8.54. The standard InChI is InChI=1S/C36H41N7O5/c37-27(18-23-10-3-1-4-11-23)33(45)42-30(19-24-12-5-2-6-13-24)36(48)43-17-9-16-31(43)35(47)41-29(34(46)40-22-32(38)44)20-25-21-39-28-15-8-7-14-26(25)28/h1-8,10-15,21,27,29-31,39H,9,16-20,22,37H2,(H2,38,44)(H,40,46)(H,41,47)(H,42,45)/t27-,29-,30-,31-/m0/s1. The molecule has 1 aliphatic heterocycles. The molecule has 4 atom stereocenters. The van der Waals surface area contributed by atoms with E-state index >= 15 is 0 Å². The maximum Gasteiger partial charge on any atom is 0.246 e. The summed E-state index contributed by atoms with van der Waals surface area (Å²) in [7, 11) is 0. The Hall–Kier alpha value is -5.49. The number of aromatic nitrogens is 1. The molecule has 48 heavy (non-hydrogen) atoms. The molecule has 12 heteroatoms. The van der Waals surface area contributed by atoms with Gasteiger partial charge in [-0.3, -0.25) is 24.0 Å². The fraction of sp³-hybridized carbons (Fsp3) is 0.306. The number of hydrogen-bond acceptors (Lipinski definition) is 6. The summed E-state index contributed by atoms with van der Waals surface area (Å²) in [4.78, 5) is 70.5. The van der Waals surface area contributed by atoms with Crippen molar-refractivity contribution in [3.63, 3.8) is 0 Å². The fourth-order valence-electron chi connectivity index (χ4n) is 6.09. The second-order valence-corrected chi connectivity index (χ2v) is 12.0. The van der Waals surface area contributed by atoms with Gasteiger partial charge in [0.2, 0.25) is 29.5 Å². The maximum atomic E-state index is 14.1. The van der Waals surface area contributed by atoms with E-state index in [1.54, 1.807) is 6.20 Å². The van der Waals surface area contributed by atoms with Gasteiger partial charge in [-0.15, -0.1) is 0 Å². The summed E-state index contributed by atoms with van der Waals surface area (Å²) >= 11 is 0. The highest BCUT2D eigenvalue weighted by Gasteiger charge is 2.39. The van der Waals surface area contributed by atoms with Crippen LogP contribution in [0.15, 0.2) is 91.1 Å². The summed E-state index contributed by atoms with van der Waals surface area (Å²) in [6.45, 7) is -0.0878. The molecule has 3 aromatic carbocycles. The zero-order valence-corrected chi connectivity index (χ0v) is 26.6. The number of nitrogens with zero attached hydrogens (tertiary/aromatic N) is 1. The lowest BCUT2D eigenvalue weighted by molar-refractivity contribution is -0.142. The molecule has 2 heterocycles. The second kappa shape index (κ2) is 15.9. The molecule has 0 bridgehead atoms. The number of H-pyrrole nitrogens is 1. The Kier molecular flexibility index (Phi) is 11.2. The fourth-order valence-corrected chi connectivity index (χ4v) is 6.09. The largest absolute Gasteiger partial charge is 0.368 e. The molecule has 5 rings (SSSR count). The SMILES string of the molecule is NC(=O)CNC(=O)[C@H](Cc1c[nH]c2ccccc12)NC(=O)[C@@H]1CCCN1C(=O)[C@H](Cc1ccccc1)NC(=O)[C@@H](N)Cc1ccccc1. The zero-order valence-electron chi connectivity index (χ0n) is 26.6. The average Bonchev–Trinajstić information content (AvgIpc) is 3.75. The van der Waals surface area contributed by atoms with Gasteiger partial charge >= 0.3 is 0 Å². The molecular formula is C36H41N7O5. The van der Waals surface area contributed by atoms with Gasteiger partial charge in [0.05, 0.1) is 12.6 Å². The van der Waals surface area contributed by atoms with Gasteiger partial charge in [0.25, 0.3) is 0 Å². The molecule has 8 N–H and O–H groups in total. The minimum Gasteiger partial charge on any atom is -0.368 e. The lowest BCUT2D eigenvalue weighted by atomic mass is 10.0. The summed E-state index contributed by atoms with van der Waals surface area (Å²) < 4.78 is 0. The first-order valence-corrected chi connectivity index (χ1v) is 16.0. The lowest BCUT2D eigenvalue weighted by Gasteiger charge is -2.30. The smallest absolute Gasteiger partial charge is 0.246 e. The number of hydrogen-bond donors (Lipinski definition) is 6. The molecule has 0 unspecified atom stereocenters. The first-order valence-electron chi connectivity index (χ1n) is 16.0. The van der Waals surface area contributed by atoms with Crippen molar-refractivity contribution in [3.05, 3.63) is 108 Å². The van der Waals surface area contributed by atoms with E-state index in [1.807, 2.05) is 84.9 Å². The Morgan fingerprint density at radius 2 is 1.44 bits per heavy atom. The van der Waals surface area contributed by atoms with E-state index in [4.69, 9.17) is 11.5 Å². The first-order chi connectivity index (χ1) is 23.2. The van der Waals surface area contributed by atoms with Gasteiger partial charge in [0.15, 0.2) is 0 Å². The van der Waals surface area contributed by atoms with Crippen LogP contribution in [0.1, 0.15) is 29.5 Å². The molecule has 0 aliphatic carbocycles. The van der Waals surface area contributed by atoms with Crippen LogP contribution >= 0.6 is 0 Å². The highest BCUT2D eigenvalue weighted by Crippen LogP contribution is 2.22. The van der Waals surface area contributed by atoms with Gasteiger partial charge < -0.3 is 37.3 Å². The molecule has 1 aliphatic rings. The number of fused-ring (bicyclic) bond motifs is 1. The molecule has 4 aromatic rings. The van der Waals surface area contributed by atoms with Crippen LogP contribution in [0.3, 0.4) is 0 Å². The summed E-state index contributed by atoms with van der Waals surface area (Å²) in [6, 6.07) is 22.5. The quantitative estimate of drug-likeness (QED) is 0.118. The van der Waals surface area contributed by atoms with E-state index in [0.717, 1.165) is 27.6 Å². The van der Waals surface area contributed by atoms with Crippen LogP contribution in [0.25, 0.3) is 10.9 Å². The maximum absolute atomic E-state index is 14.1. The molecule has 1 fully saturated rings. The summed E-state index contributed by atoms with van der Waals surface area (Å²) in [5.74, 6) is -2.69. The van der Waals surface area contributed by atoms with Crippen molar-refractivity contribution in [3.8, 4) is 0 Å². The lowest BCUT2D eigenvalue weighted by Crippen LogP contribution is -2.58. The van der Waals surface area contributed by atoms with E-state index in [1.165, 1.54) is 4.90 Å². The minimum absolute atomic E-state index is 0.132. The van der Waals surface area contributed by atoms with Crippen LogP contribution in [-0.4, -0.2) is 76.7 Å². The van der Waals surface area contributed by atoms with Crippen molar-refractivity contribution in [2.24, 2.45) is 11.5 Å². The molecule has 0 saturated carbocycles. The third kappa shape index (κ3) is 8.65. The van der Waals surface area contributed by atoms with E-state index < -0.39 is 53.7 Å². The number of amides is 5. The number of rotatable bonds is 14. The van der Waals surface area contributed by atoms with E-state index in [0.29, 0.717) is 25.8 Å². The predicted octanol–water partition coefficient (Wildman–Crippen LogP) is 1.09. The molecular weight excluding hydrogens is 610 g/mol. The third-order valence-electron chi connectivity index (χ3n) is 8.54. The van der Waals surface area contributed by atoms with Gasteiger partial charge in [-0.1, -0.05) is 78.9 Å². The number of likely N-dealkylation sites (tertiary alicyclic amines) is 1. The average molecular weight is 652 g/mol. The van der Waals surface area contributed by atoms with E-state index in [2.05, 4.69) is 20.9 Å². The van der Waals surface area contributed by atoms with E-state index in [-0.39, 0.29) is 19.4 Å². The van der Waals surface area contributed by atoms with Gasteiger partial charge in [-0.2, -0.15) is 0 Å². The zero-order chi connectivity index (χ0) is 34.0. The van der Waals surface area contributed by atoms with Crippen LogP contribution in [0.5, 0.6) is 0 Å². The highest BCUT2D eigenvalue weighted by atomic mass is 16.2. The normalized spacial score (nSPS) is 16.1. The topological polar surface area (TPSA) is 193 Å². The summed E-state index contributed by atoms with van der Waals surface area (Å²) in [5.41, 5.74) is 14.9.